The van der Waals surface area contributed by atoms with E-state index in [-0.39, 0.29) is 5.82 Å². The van der Waals surface area contributed by atoms with Crippen LogP contribution in [-0.4, -0.2) is 15.9 Å². The summed E-state index contributed by atoms with van der Waals surface area (Å²) in [5.41, 5.74) is -0.0553. The first-order valence-electron chi connectivity index (χ1n) is 8.59. The van der Waals surface area contributed by atoms with Crippen molar-refractivity contribution >= 4 is 5.97 Å². The average Bonchev–Trinajstić information content (AvgIpc) is 2.69. The maximum absolute atomic E-state index is 14.3. The number of carbonyl (C=O) groups is 1. The van der Waals surface area contributed by atoms with E-state index in [0.717, 1.165) is 17.7 Å². The van der Waals surface area contributed by atoms with Crippen molar-refractivity contribution in [1.29, 1.82) is 5.26 Å². The number of ether oxygens (including phenoxy) is 1. The van der Waals surface area contributed by atoms with Crippen LogP contribution < -0.4 is 4.74 Å². The summed E-state index contributed by atoms with van der Waals surface area (Å²) in [4.78, 5) is 20.2. The van der Waals surface area contributed by atoms with Gasteiger partial charge in [-0.15, -0.1) is 0 Å². The van der Waals surface area contributed by atoms with Crippen molar-refractivity contribution in [2.45, 2.75) is 20.8 Å². The lowest BCUT2D eigenvalue weighted by atomic mass is 10.1. The number of aromatic nitrogens is 2. The zero-order valence-corrected chi connectivity index (χ0v) is 15.8. The summed E-state index contributed by atoms with van der Waals surface area (Å²) in [6.45, 7) is 5.80. The smallest absolute Gasteiger partial charge is 0.346 e. The SMILES string of the molecule is CC.Cc1cnc(-c2ccc(C(=O)Oc3cc(F)c(C#N)c(F)c3)c(F)c2)nc1. The van der Waals surface area contributed by atoms with Crippen molar-refractivity contribution in [3.63, 3.8) is 0 Å². The molecule has 29 heavy (non-hydrogen) atoms. The largest absolute Gasteiger partial charge is 0.423 e. The quantitative estimate of drug-likeness (QED) is 0.458. The molecule has 2 aromatic carbocycles. The Morgan fingerprint density at radius 1 is 1.00 bits per heavy atom. The second kappa shape index (κ2) is 9.46. The van der Waals surface area contributed by atoms with Crippen molar-refractivity contribution in [2.24, 2.45) is 0 Å². The highest BCUT2D eigenvalue weighted by atomic mass is 19.1. The molecule has 0 fully saturated rings. The van der Waals surface area contributed by atoms with E-state index in [1.54, 1.807) is 19.3 Å². The lowest BCUT2D eigenvalue weighted by Gasteiger charge is -2.08. The van der Waals surface area contributed by atoms with E-state index in [4.69, 9.17) is 10.00 Å². The summed E-state index contributed by atoms with van der Waals surface area (Å²) in [6, 6.07) is 6.33. The monoisotopic (exact) mass is 399 g/mol. The third kappa shape index (κ3) is 4.96. The Morgan fingerprint density at radius 3 is 2.10 bits per heavy atom. The lowest BCUT2D eigenvalue weighted by Crippen LogP contribution is -2.11. The van der Waals surface area contributed by atoms with Gasteiger partial charge >= 0.3 is 5.97 Å². The van der Waals surface area contributed by atoms with Crippen molar-refractivity contribution in [2.75, 3.05) is 0 Å². The molecular weight excluding hydrogens is 383 g/mol. The summed E-state index contributed by atoms with van der Waals surface area (Å²) < 4.78 is 46.2. The molecule has 0 radical (unpaired) electrons. The van der Waals surface area contributed by atoms with Gasteiger partial charge in [-0.3, -0.25) is 0 Å². The predicted octanol–water partition coefficient (Wildman–Crippen LogP) is 4.99. The fraction of sp³-hybridized carbons (Fsp3) is 0.143. The van der Waals surface area contributed by atoms with Crippen LogP contribution in [0.5, 0.6) is 5.75 Å². The van der Waals surface area contributed by atoms with Crippen LogP contribution in [0.4, 0.5) is 13.2 Å². The highest BCUT2D eigenvalue weighted by molar-refractivity contribution is 5.91. The number of benzene rings is 2. The number of hydrogen-bond donors (Lipinski definition) is 0. The van der Waals surface area contributed by atoms with Crippen molar-refractivity contribution in [3.8, 4) is 23.2 Å². The molecule has 0 atom stereocenters. The number of hydrogen-bond acceptors (Lipinski definition) is 5. The topological polar surface area (TPSA) is 75.9 Å². The minimum Gasteiger partial charge on any atom is -0.423 e. The fourth-order valence-corrected chi connectivity index (χ4v) is 2.24. The second-order valence-electron chi connectivity index (χ2n) is 5.54. The van der Waals surface area contributed by atoms with Gasteiger partial charge in [0, 0.05) is 30.1 Å². The van der Waals surface area contributed by atoms with E-state index in [9.17, 15) is 18.0 Å². The minimum absolute atomic E-state index is 0.274. The maximum atomic E-state index is 14.3. The Morgan fingerprint density at radius 2 is 1.59 bits per heavy atom. The van der Waals surface area contributed by atoms with Crippen LogP contribution in [0.15, 0.2) is 42.7 Å². The van der Waals surface area contributed by atoms with Crippen LogP contribution in [0.3, 0.4) is 0 Å². The maximum Gasteiger partial charge on any atom is 0.346 e. The van der Waals surface area contributed by atoms with Crippen molar-refractivity contribution < 1.29 is 22.7 Å². The van der Waals surface area contributed by atoms with Gasteiger partial charge in [-0.2, -0.15) is 5.26 Å². The van der Waals surface area contributed by atoms with E-state index in [1.165, 1.54) is 12.1 Å². The molecule has 0 saturated carbocycles. The van der Waals surface area contributed by atoms with Gasteiger partial charge in [0.05, 0.1) is 5.56 Å². The molecule has 0 aliphatic carbocycles. The van der Waals surface area contributed by atoms with Gasteiger partial charge in [0.1, 0.15) is 34.8 Å². The Kier molecular flexibility index (Phi) is 7.04. The molecule has 0 N–H and O–H groups in total. The molecule has 3 rings (SSSR count). The van der Waals surface area contributed by atoms with E-state index in [0.29, 0.717) is 17.7 Å². The normalized spacial score (nSPS) is 9.83. The molecule has 3 aromatic rings. The molecule has 0 unspecified atom stereocenters. The summed E-state index contributed by atoms with van der Waals surface area (Å²) in [7, 11) is 0. The summed E-state index contributed by atoms with van der Waals surface area (Å²) in [6.07, 6.45) is 3.13. The third-order valence-corrected chi connectivity index (χ3v) is 3.57. The number of nitrogens with zero attached hydrogens (tertiary/aromatic N) is 3. The number of aryl methyl sites for hydroxylation is 1. The first-order valence-corrected chi connectivity index (χ1v) is 8.59. The van der Waals surface area contributed by atoms with Crippen molar-refractivity contribution in [1.82, 2.24) is 9.97 Å². The van der Waals surface area contributed by atoms with Crippen LogP contribution in [-0.2, 0) is 0 Å². The average molecular weight is 399 g/mol. The fourth-order valence-electron chi connectivity index (χ4n) is 2.24. The van der Waals surface area contributed by atoms with Crippen LogP contribution in [0.2, 0.25) is 0 Å². The third-order valence-electron chi connectivity index (χ3n) is 3.57. The van der Waals surface area contributed by atoms with Gasteiger partial charge in [0.2, 0.25) is 0 Å². The van der Waals surface area contributed by atoms with Gasteiger partial charge in [-0.05, 0) is 24.6 Å². The number of nitriles is 1. The highest BCUT2D eigenvalue weighted by Gasteiger charge is 2.18. The van der Waals surface area contributed by atoms with Gasteiger partial charge in [-0.1, -0.05) is 19.9 Å². The minimum atomic E-state index is -1.19. The summed E-state index contributed by atoms with van der Waals surface area (Å²) in [5.74, 6) is -4.64. The van der Waals surface area contributed by atoms with Crippen LogP contribution >= 0.6 is 0 Å². The van der Waals surface area contributed by atoms with Gasteiger partial charge < -0.3 is 4.74 Å². The summed E-state index contributed by atoms with van der Waals surface area (Å²) >= 11 is 0. The molecule has 0 amide bonds. The van der Waals surface area contributed by atoms with Crippen LogP contribution in [0.1, 0.15) is 35.3 Å². The summed E-state index contributed by atoms with van der Waals surface area (Å²) in [5, 5.41) is 8.62. The highest BCUT2D eigenvalue weighted by Crippen LogP contribution is 2.23. The van der Waals surface area contributed by atoms with Gasteiger partial charge in [-0.25, -0.2) is 27.9 Å². The molecule has 0 saturated heterocycles. The lowest BCUT2D eigenvalue weighted by molar-refractivity contribution is 0.0729. The molecule has 0 aliphatic rings. The molecule has 8 heteroatoms. The zero-order valence-electron chi connectivity index (χ0n) is 15.8. The zero-order chi connectivity index (χ0) is 21.6. The van der Waals surface area contributed by atoms with E-state index >= 15 is 0 Å². The number of rotatable bonds is 3. The first-order chi connectivity index (χ1) is 13.9. The molecule has 1 aromatic heterocycles. The molecule has 1 heterocycles. The Bertz CT molecular complexity index is 1050. The van der Waals surface area contributed by atoms with Crippen LogP contribution in [0.25, 0.3) is 11.4 Å². The van der Waals surface area contributed by atoms with E-state index < -0.39 is 40.3 Å². The van der Waals surface area contributed by atoms with E-state index in [2.05, 4.69) is 9.97 Å². The predicted molar refractivity (Wildman–Crippen MR) is 99.5 cm³/mol. The van der Waals surface area contributed by atoms with Crippen LogP contribution in [0, 0.1) is 35.7 Å². The molecule has 5 nitrogen and oxygen atoms in total. The Hall–Kier alpha value is -3.73. The first kappa shape index (κ1) is 21.6. The molecule has 148 valence electrons. The van der Waals surface area contributed by atoms with Gasteiger partial charge in [0.25, 0.3) is 0 Å². The number of esters is 1. The molecular formula is C21H16F3N3O2. The molecule has 0 bridgehead atoms. The molecule has 0 aliphatic heterocycles. The number of halogens is 3. The second-order valence-corrected chi connectivity index (χ2v) is 5.54. The Labute approximate surface area is 165 Å². The van der Waals surface area contributed by atoms with Crippen molar-refractivity contribution in [3.05, 3.63) is 76.9 Å². The number of carbonyl (C=O) groups excluding carboxylic acids is 1. The molecule has 0 spiro atoms. The van der Waals surface area contributed by atoms with E-state index in [1.807, 2.05) is 13.8 Å². The Balaban J connectivity index is 0.00000145. The van der Waals surface area contributed by atoms with Gasteiger partial charge in [0.15, 0.2) is 5.82 Å². The standard InChI is InChI=1S/C19H10F3N3O2.C2H6/c1-10-8-24-18(25-9-10)11-2-3-13(15(20)4-11)19(26)27-12-5-16(21)14(7-23)17(22)6-12;1-2/h2-6,8-9H,1H3;1-2H3.